The summed E-state index contributed by atoms with van der Waals surface area (Å²) < 4.78 is 15.1. The molecule has 2 aromatic heterocycles. The SMILES string of the molecule is COc1ccccc1OCC(=O)N1Cc2nn(-c3ccc(C)cc3C)c(-n3cccc3)c2C1. The summed E-state index contributed by atoms with van der Waals surface area (Å²) in [5.41, 5.74) is 5.37. The van der Waals surface area contributed by atoms with E-state index in [0.29, 0.717) is 24.6 Å². The highest BCUT2D eigenvalue weighted by Gasteiger charge is 2.31. The Morgan fingerprint density at radius 3 is 2.48 bits per heavy atom. The highest BCUT2D eigenvalue weighted by atomic mass is 16.5. The average molecular weight is 443 g/mol. The Hall–Kier alpha value is -4.00. The van der Waals surface area contributed by atoms with Gasteiger partial charge in [0.25, 0.3) is 5.91 Å². The molecule has 3 heterocycles. The number of nitrogens with zero attached hydrogens (tertiary/aromatic N) is 4. The zero-order valence-corrected chi connectivity index (χ0v) is 19.0. The Labute approximate surface area is 192 Å². The maximum atomic E-state index is 12.9. The second-order valence-electron chi connectivity index (χ2n) is 8.23. The van der Waals surface area contributed by atoms with E-state index in [1.807, 2.05) is 47.4 Å². The number of amides is 1. The van der Waals surface area contributed by atoms with Gasteiger partial charge in [0.2, 0.25) is 0 Å². The Morgan fingerprint density at radius 2 is 1.76 bits per heavy atom. The van der Waals surface area contributed by atoms with Gasteiger partial charge >= 0.3 is 0 Å². The summed E-state index contributed by atoms with van der Waals surface area (Å²) in [6.45, 7) is 5.07. The number of rotatable bonds is 6. The molecule has 1 aliphatic rings. The monoisotopic (exact) mass is 442 g/mol. The topological polar surface area (TPSA) is 61.5 Å². The van der Waals surface area contributed by atoms with E-state index in [4.69, 9.17) is 14.6 Å². The third kappa shape index (κ3) is 3.86. The van der Waals surface area contributed by atoms with Crippen LogP contribution in [-0.2, 0) is 17.9 Å². The molecule has 7 heteroatoms. The fraction of sp³-hybridized carbons (Fsp3) is 0.231. The molecule has 0 unspecified atom stereocenters. The molecule has 168 valence electrons. The third-order valence-electron chi connectivity index (χ3n) is 5.93. The number of benzene rings is 2. The molecule has 0 saturated carbocycles. The molecule has 0 aliphatic carbocycles. The number of aromatic nitrogens is 3. The van der Waals surface area contributed by atoms with Gasteiger partial charge in [0, 0.05) is 18.0 Å². The summed E-state index contributed by atoms with van der Waals surface area (Å²) in [5, 5.41) is 4.93. The van der Waals surface area contributed by atoms with Crippen LogP contribution in [0.3, 0.4) is 0 Å². The molecular weight excluding hydrogens is 416 g/mol. The van der Waals surface area contributed by atoms with Gasteiger partial charge in [0.05, 0.1) is 31.6 Å². The lowest BCUT2D eigenvalue weighted by Crippen LogP contribution is -2.31. The molecule has 1 aliphatic heterocycles. The molecule has 0 atom stereocenters. The van der Waals surface area contributed by atoms with Gasteiger partial charge in [0.1, 0.15) is 5.82 Å². The summed E-state index contributed by atoms with van der Waals surface area (Å²) in [6.07, 6.45) is 4.01. The number of fused-ring (bicyclic) bond motifs is 1. The van der Waals surface area contributed by atoms with Crippen molar-refractivity contribution in [1.29, 1.82) is 0 Å². The molecule has 7 nitrogen and oxygen atoms in total. The number of carbonyl (C=O) groups is 1. The van der Waals surface area contributed by atoms with Crippen molar-refractivity contribution in [2.24, 2.45) is 0 Å². The van der Waals surface area contributed by atoms with E-state index < -0.39 is 0 Å². The predicted molar refractivity (Wildman–Crippen MR) is 125 cm³/mol. The predicted octanol–water partition coefficient (Wildman–Crippen LogP) is 4.21. The molecule has 33 heavy (non-hydrogen) atoms. The molecule has 2 aromatic carbocycles. The molecular formula is C26H26N4O3. The number of hydrogen-bond donors (Lipinski definition) is 0. The van der Waals surface area contributed by atoms with Crippen LogP contribution in [0.15, 0.2) is 67.0 Å². The maximum absolute atomic E-state index is 12.9. The van der Waals surface area contributed by atoms with E-state index in [2.05, 4.69) is 36.6 Å². The first-order valence-electron chi connectivity index (χ1n) is 10.9. The first-order valence-corrected chi connectivity index (χ1v) is 10.9. The van der Waals surface area contributed by atoms with Crippen LogP contribution in [0.2, 0.25) is 0 Å². The largest absolute Gasteiger partial charge is 0.493 e. The van der Waals surface area contributed by atoms with Gasteiger partial charge in [-0.25, -0.2) is 4.68 Å². The fourth-order valence-electron chi connectivity index (χ4n) is 4.30. The zero-order valence-electron chi connectivity index (χ0n) is 19.0. The van der Waals surface area contributed by atoms with Crippen LogP contribution in [0, 0.1) is 13.8 Å². The minimum absolute atomic E-state index is 0.0550. The highest BCUT2D eigenvalue weighted by Crippen LogP contribution is 2.32. The van der Waals surface area contributed by atoms with Gasteiger partial charge in [-0.3, -0.25) is 4.79 Å². The Morgan fingerprint density at radius 1 is 1.00 bits per heavy atom. The molecule has 4 aromatic rings. The van der Waals surface area contributed by atoms with Crippen LogP contribution < -0.4 is 9.47 Å². The second-order valence-corrected chi connectivity index (χ2v) is 8.23. The smallest absolute Gasteiger partial charge is 0.261 e. The third-order valence-corrected chi connectivity index (χ3v) is 5.93. The Kier molecular flexibility index (Phi) is 5.38. The first kappa shape index (κ1) is 20.9. The molecule has 0 spiro atoms. The number of carbonyl (C=O) groups excluding carboxylic acids is 1. The van der Waals surface area contributed by atoms with Crippen LogP contribution in [0.4, 0.5) is 0 Å². The number of aryl methyl sites for hydroxylation is 2. The number of methoxy groups -OCH3 is 1. The van der Waals surface area contributed by atoms with Crippen LogP contribution in [0.1, 0.15) is 22.4 Å². The molecule has 5 rings (SSSR count). The summed E-state index contributed by atoms with van der Waals surface area (Å²) in [6, 6.07) is 17.7. The van der Waals surface area contributed by atoms with Gasteiger partial charge in [-0.2, -0.15) is 5.10 Å². The van der Waals surface area contributed by atoms with Gasteiger partial charge in [-0.15, -0.1) is 0 Å². The van der Waals surface area contributed by atoms with E-state index in [0.717, 1.165) is 28.3 Å². The molecule has 0 saturated heterocycles. The minimum Gasteiger partial charge on any atom is -0.493 e. The van der Waals surface area contributed by atoms with Gasteiger partial charge in [-0.1, -0.05) is 29.8 Å². The highest BCUT2D eigenvalue weighted by molar-refractivity contribution is 5.79. The lowest BCUT2D eigenvalue weighted by Gasteiger charge is -2.19. The maximum Gasteiger partial charge on any atom is 0.261 e. The lowest BCUT2D eigenvalue weighted by molar-refractivity contribution is -0.134. The summed E-state index contributed by atoms with van der Waals surface area (Å²) >= 11 is 0. The zero-order chi connectivity index (χ0) is 22.9. The van der Waals surface area contributed by atoms with E-state index in [-0.39, 0.29) is 12.5 Å². The van der Waals surface area contributed by atoms with Crippen LogP contribution in [0.25, 0.3) is 11.5 Å². The van der Waals surface area contributed by atoms with Crippen molar-refractivity contribution < 1.29 is 14.3 Å². The van der Waals surface area contributed by atoms with Crippen molar-refractivity contribution in [3.05, 3.63) is 89.4 Å². The molecule has 1 amide bonds. The van der Waals surface area contributed by atoms with Crippen LogP contribution in [-0.4, -0.2) is 38.9 Å². The summed E-state index contributed by atoms with van der Waals surface area (Å²) in [4.78, 5) is 14.7. The Bertz CT molecular complexity index is 1310. The number of para-hydroxylation sites is 2. The first-order chi connectivity index (χ1) is 16.0. The van der Waals surface area contributed by atoms with Crippen LogP contribution in [0.5, 0.6) is 11.5 Å². The van der Waals surface area contributed by atoms with Crippen molar-refractivity contribution in [3.8, 4) is 23.0 Å². The molecule has 0 N–H and O–H groups in total. The van der Waals surface area contributed by atoms with Crippen molar-refractivity contribution in [1.82, 2.24) is 19.2 Å². The molecule has 0 bridgehead atoms. The number of hydrogen-bond acceptors (Lipinski definition) is 4. The minimum atomic E-state index is -0.0876. The molecule has 0 radical (unpaired) electrons. The van der Waals surface area contributed by atoms with E-state index in [1.54, 1.807) is 18.1 Å². The lowest BCUT2D eigenvalue weighted by atomic mass is 10.1. The quantitative estimate of drug-likeness (QED) is 0.449. The van der Waals surface area contributed by atoms with E-state index in [1.165, 1.54) is 5.56 Å². The normalized spacial score (nSPS) is 12.6. The second kappa shape index (κ2) is 8.50. The van der Waals surface area contributed by atoms with Crippen molar-refractivity contribution in [2.45, 2.75) is 26.9 Å². The van der Waals surface area contributed by atoms with Crippen molar-refractivity contribution in [3.63, 3.8) is 0 Å². The fourth-order valence-corrected chi connectivity index (χ4v) is 4.30. The van der Waals surface area contributed by atoms with E-state index >= 15 is 0 Å². The van der Waals surface area contributed by atoms with Crippen molar-refractivity contribution >= 4 is 5.91 Å². The van der Waals surface area contributed by atoms with Gasteiger partial charge in [0.15, 0.2) is 18.1 Å². The van der Waals surface area contributed by atoms with Gasteiger partial charge in [-0.05, 0) is 49.7 Å². The van der Waals surface area contributed by atoms with E-state index in [9.17, 15) is 4.79 Å². The summed E-state index contributed by atoms with van der Waals surface area (Å²) in [7, 11) is 1.58. The average Bonchev–Trinajstić information content (AvgIpc) is 3.54. The number of ether oxygens (including phenoxy) is 2. The summed E-state index contributed by atoms with van der Waals surface area (Å²) in [5.74, 6) is 2.03. The molecule has 0 fully saturated rings. The van der Waals surface area contributed by atoms with Crippen molar-refractivity contribution in [2.75, 3.05) is 13.7 Å². The Balaban J connectivity index is 1.41. The van der Waals surface area contributed by atoms with Crippen LogP contribution >= 0.6 is 0 Å². The van der Waals surface area contributed by atoms with Gasteiger partial charge < -0.3 is 18.9 Å². The standard InChI is InChI=1S/C26H26N4O3/c1-18-10-11-22(19(2)14-18)30-26(28-12-6-7-13-28)20-15-29(16-21(20)27-30)25(31)17-33-24-9-5-4-8-23(24)32-3/h4-14H,15-17H2,1-3H3.